The first kappa shape index (κ1) is 10.6. The van der Waals surface area contributed by atoms with Crippen molar-refractivity contribution in [1.82, 2.24) is 10.3 Å². The average molecular weight is 204 g/mol. The molecule has 1 aliphatic rings. The maximum Gasteiger partial charge on any atom is 0.0545 e. The number of pyridine rings is 1. The lowest BCUT2D eigenvalue weighted by molar-refractivity contribution is 0.360. The Morgan fingerprint density at radius 3 is 2.73 bits per heavy atom. The summed E-state index contributed by atoms with van der Waals surface area (Å²) in [6.45, 7) is 5.27. The number of hydrogen-bond donors (Lipinski definition) is 1. The fourth-order valence-electron chi connectivity index (χ4n) is 2.33. The second-order valence-corrected chi connectivity index (χ2v) is 4.89. The third-order valence-corrected chi connectivity index (χ3v) is 3.35. The van der Waals surface area contributed by atoms with Crippen LogP contribution in [0.5, 0.6) is 0 Å². The monoisotopic (exact) mass is 204 g/mol. The third kappa shape index (κ3) is 2.78. The van der Waals surface area contributed by atoms with Crippen LogP contribution in [0.2, 0.25) is 0 Å². The van der Waals surface area contributed by atoms with Gasteiger partial charge in [-0.25, -0.2) is 0 Å². The van der Waals surface area contributed by atoms with Crippen LogP contribution in [0.3, 0.4) is 0 Å². The molecule has 0 aromatic carbocycles. The van der Waals surface area contributed by atoms with E-state index in [1.165, 1.54) is 25.7 Å². The molecular weight excluding hydrogens is 184 g/mol. The molecule has 0 radical (unpaired) electrons. The molecule has 0 spiro atoms. The summed E-state index contributed by atoms with van der Waals surface area (Å²) in [5.41, 5.74) is 2.61. The molecule has 0 saturated heterocycles. The van der Waals surface area contributed by atoms with E-state index in [1.54, 1.807) is 0 Å². The van der Waals surface area contributed by atoms with E-state index in [9.17, 15) is 0 Å². The molecule has 1 N–H and O–H groups in total. The first-order valence-electron chi connectivity index (χ1n) is 5.86. The predicted octanol–water partition coefficient (Wildman–Crippen LogP) is 2.81. The Balaban J connectivity index is 1.92. The van der Waals surface area contributed by atoms with Gasteiger partial charge in [0.15, 0.2) is 0 Å². The summed E-state index contributed by atoms with van der Waals surface area (Å²) >= 11 is 0. The summed E-state index contributed by atoms with van der Waals surface area (Å²) in [6.07, 6.45) is 5.34. The molecule has 1 saturated carbocycles. The number of nitrogens with zero attached hydrogens (tertiary/aromatic N) is 1. The number of nitrogens with one attached hydrogen (secondary N) is 1. The van der Waals surface area contributed by atoms with Gasteiger partial charge >= 0.3 is 0 Å². The highest BCUT2D eigenvalue weighted by Gasteiger charge is 2.27. The van der Waals surface area contributed by atoms with E-state index in [1.807, 2.05) is 13.0 Å². The second-order valence-electron chi connectivity index (χ2n) is 4.89. The highest BCUT2D eigenvalue weighted by Crippen LogP contribution is 2.28. The van der Waals surface area contributed by atoms with Gasteiger partial charge < -0.3 is 5.32 Å². The van der Waals surface area contributed by atoms with Gasteiger partial charge in [-0.05, 0) is 38.8 Å². The van der Waals surface area contributed by atoms with E-state index < -0.39 is 0 Å². The molecule has 15 heavy (non-hydrogen) atoms. The molecule has 0 amide bonds. The zero-order valence-electron chi connectivity index (χ0n) is 9.71. The Morgan fingerprint density at radius 2 is 2.07 bits per heavy atom. The van der Waals surface area contributed by atoms with Crippen molar-refractivity contribution in [2.75, 3.05) is 0 Å². The quantitative estimate of drug-likeness (QED) is 0.819. The van der Waals surface area contributed by atoms with Crippen molar-refractivity contribution in [2.24, 2.45) is 0 Å². The zero-order chi connectivity index (χ0) is 10.7. The molecule has 1 fully saturated rings. The molecule has 1 heterocycles. The summed E-state index contributed by atoms with van der Waals surface area (Å²) < 4.78 is 0. The number of aromatic nitrogens is 1. The van der Waals surface area contributed by atoms with Crippen LogP contribution < -0.4 is 5.32 Å². The van der Waals surface area contributed by atoms with Crippen molar-refractivity contribution in [3.8, 4) is 0 Å². The molecule has 0 bridgehead atoms. The second kappa shape index (κ2) is 4.31. The molecule has 2 nitrogen and oxygen atoms in total. The van der Waals surface area contributed by atoms with Crippen LogP contribution in [0.1, 0.15) is 44.0 Å². The topological polar surface area (TPSA) is 24.9 Å². The third-order valence-electron chi connectivity index (χ3n) is 3.35. The molecule has 82 valence electrons. The van der Waals surface area contributed by atoms with E-state index in [4.69, 9.17) is 0 Å². The van der Waals surface area contributed by atoms with E-state index >= 15 is 0 Å². The maximum atomic E-state index is 4.50. The lowest BCUT2D eigenvalue weighted by atomic mass is 10.0. The molecule has 0 atom stereocenters. The SMILES string of the molecule is Cc1cccc(CNC2(C)CCCC2)n1. The van der Waals surface area contributed by atoms with Crippen LogP contribution >= 0.6 is 0 Å². The van der Waals surface area contributed by atoms with Gasteiger partial charge in [-0.15, -0.1) is 0 Å². The van der Waals surface area contributed by atoms with Crippen LogP contribution in [0, 0.1) is 6.92 Å². The Hall–Kier alpha value is -0.890. The van der Waals surface area contributed by atoms with Crippen molar-refractivity contribution < 1.29 is 0 Å². The van der Waals surface area contributed by atoms with Gasteiger partial charge in [0.2, 0.25) is 0 Å². The predicted molar refractivity (Wildman–Crippen MR) is 62.7 cm³/mol. The van der Waals surface area contributed by atoms with Crippen molar-refractivity contribution in [3.63, 3.8) is 0 Å². The maximum absolute atomic E-state index is 4.50. The normalized spacial score (nSPS) is 19.3. The first-order chi connectivity index (χ1) is 7.18. The number of rotatable bonds is 3. The van der Waals surface area contributed by atoms with Gasteiger partial charge in [0.25, 0.3) is 0 Å². The summed E-state index contributed by atoms with van der Waals surface area (Å²) in [5.74, 6) is 0. The van der Waals surface area contributed by atoms with E-state index in [-0.39, 0.29) is 0 Å². The Morgan fingerprint density at radius 1 is 1.33 bits per heavy atom. The van der Waals surface area contributed by atoms with E-state index in [0.717, 1.165) is 17.9 Å². The standard InChI is InChI=1S/C13H20N2/c1-11-6-5-7-12(15-11)10-14-13(2)8-3-4-9-13/h5-7,14H,3-4,8-10H2,1-2H3. The average Bonchev–Trinajstić information content (AvgIpc) is 2.63. The largest absolute Gasteiger partial charge is 0.306 e. The van der Waals surface area contributed by atoms with Crippen LogP contribution in [0.4, 0.5) is 0 Å². The van der Waals surface area contributed by atoms with Gasteiger partial charge in [0.05, 0.1) is 5.69 Å². The molecule has 0 aliphatic heterocycles. The van der Waals surface area contributed by atoms with Crippen molar-refractivity contribution in [1.29, 1.82) is 0 Å². The van der Waals surface area contributed by atoms with Gasteiger partial charge in [-0.2, -0.15) is 0 Å². The summed E-state index contributed by atoms with van der Waals surface area (Å²) in [6, 6.07) is 6.22. The highest BCUT2D eigenvalue weighted by atomic mass is 15.0. The lowest BCUT2D eigenvalue weighted by Crippen LogP contribution is -2.38. The smallest absolute Gasteiger partial charge is 0.0545 e. The number of aryl methyl sites for hydroxylation is 1. The lowest BCUT2D eigenvalue weighted by Gasteiger charge is -2.25. The highest BCUT2D eigenvalue weighted by molar-refractivity contribution is 5.10. The van der Waals surface area contributed by atoms with Crippen molar-refractivity contribution >= 4 is 0 Å². The minimum Gasteiger partial charge on any atom is -0.306 e. The summed E-state index contributed by atoms with van der Waals surface area (Å²) in [5, 5.41) is 3.64. The molecule has 2 heteroatoms. The minimum absolute atomic E-state index is 0.353. The zero-order valence-corrected chi connectivity index (χ0v) is 9.71. The van der Waals surface area contributed by atoms with Crippen LogP contribution in [0.15, 0.2) is 18.2 Å². The van der Waals surface area contributed by atoms with Gasteiger partial charge in [0.1, 0.15) is 0 Å². The summed E-state index contributed by atoms with van der Waals surface area (Å²) in [4.78, 5) is 4.50. The van der Waals surface area contributed by atoms with Crippen molar-refractivity contribution in [2.45, 2.75) is 51.6 Å². The van der Waals surface area contributed by atoms with E-state index in [0.29, 0.717) is 5.54 Å². The van der Waals surface area contributed by atoms with E-state index in [2.05, 4.69) is 29.4 Å². The molecule has 1 aliphatic carbocycles. The van der Waals surface area contributed by atoms with Gasteiger partial charge in [0, 0.05) is 17.8 Å². The Labute approximate surface area is 92.1 Å². The van der Waals surface area contributed by atoms with Crippen molar-refractivity contribution in [3.05, 3.63) is 29.6 Å². The van der Waals surface area contributed by atoms with Gasteiger partial charge in [-0.1, -0.05) is 18.9 Å². The van der Waals surface area contributed by atoms with Crippen LogP contribution in [-0.4, -0.2) is 10.5 Å². The summed E-state index contributed by atoms with van der Waals surface area (Å²) in [7, 11) is 0. The minimum atomic E-state index is 0.353. The molecule has 1 aromatic rings. The fourth-order valence-corrected chi connectivity index (χ4v) is 2.33. The molecule has 0 unspecified atom stereocenters. The fraction of sp³-hybridized carbons (Fsp3) is 0.615. The Kier molecular flexibility index (Phi) is 3.06. The molecule has 2 rings (SSSR count). The first-order valence-corrected chi connectivity index (χ1v) is 5.86. The molecule has 1 aromatic heterocycles. The number of hydrogen-bond acceptors (Lipinski definition) is 2. The Bertz CT molecular complexity index is 327. The van der Waals surface area contributed by atoms with Gasteiger partial charge in [-0.3, -0.25) is 4.98 Å². The molecular formula is C13H20N2. The van der Waals surface area contributed by atoms with Crippen LogP contribution in [-0.2, 0) is 6.54 Å². The van der Waals surface area contributed by atoms with Crippen LogP contribution in [0.25, 0.3) is 0 Å².